The van der Waals surface area contributed by atoms with Crippen LogP contribution >= 0.6 is 0 Å². The smallest absolute Gasteiger partial charge is 0.274 e. The number of para-hydroxylation sites is 1. The SMILES string of the molecule is Cc1nnc(N/N=C/c2cc3ccccc3[nH]c2=O)[nH]c1=O. The number of H-pyrrole nitrogens is 2. The van der Waals surface area contributed by atoms with Crippen molar-refractivity contribution in [1.82, 2.24) is 20.2 Å². The number of hydrogen-bond acceptors (Lipinski definition) is 6. The Bertz CT molecular complexity index is 973. The molecule has 22 heavy (non-hydrogen) atoms. The van der Waals surface area contributed by atoms with E-state index < -0.39 is 0 Å². The van der Waals surface area contributed by atoms with Crippen molar-refractivity contribution in [3.05, 3.63) is 62.3 Å². The highest BCUT2D eigenvalue weighted by atomic mass is 16.1. The van der Waals surface area contributed by atoms with Crippen LogP contribution in [0.1, 0.15) is 11.3 Å². The number of nitrogens with zero attached hydrogens (tertiary/aromatic N) is 3. The van der Waals surface area contributed by atoms with Crippen molar-refractivity contribution in [1.29, 1.82) is 0 Å². The molecule has 110 valence electrons. The summed E-state index contributed by atoms with van der Waals surface area (Å²) in [6.07, 6.45) is 1.35. The van der Waals surface area contributed by atoms with E-state index in [1.807, 2.05) is 24.3 Å². The number of aromatic nitrogens is 4. The fraction of sp³-hybridized carbons (Fsp3) is 0.0714. The first-order chi connectivity index (χ1) is 10.6. The van der Waals surface area contributed by atoms with Gasteiger partial charge in [-0.1, -0.05) is 18.2 Å². The highest BCUT2D eigenvalue weighted by Crippen LogP contribution is 2.09. The van der Waals surface area contributed by atoms with Crippen LogP contribution in [0.5, 0.6) is 0 Å². The van der Waals surface area contributed by atoms with Crippen molar-refractivity contribution < 1.29 is 0 Å². The van der Waals surface area contributed by atoms with Crippen LogP contribution in [-0.4, -0.2) is 26.4 Å². The lowest BCUT2D eigenvalue weighted by Crippen LogP contribution is -2.16. The summed E-state index contributed by atoms with van der Waals surface area (Å²) in [5.74, 6) is 0.101. The van der Waals surface area contributed by atoms with Crippen LogP contribution in [0, 0.1) is 6.92 Å². The van der Waals surface area contributed by atoms with Crippen molar-refractivity contribution in [2.24, 2.45) is 5.10 Å². The zero-order valence-corrected chi connectivity index (χ0v) is 11.6. The zero-order valence-electron chi connectivity index (χ0n) is 11.6. The summed E-state index contributed by atoms with van der Waals surface area (Å²) in [7, 11) is 0. The average molecular weight is 296 g/mol. The second-order valence-corrected chi connectivity index (χ2v) is 4.60. The van der Waals surface area contributed by atoms with Gasteiger partial charge in [-0.15, -0.1) is 10.2 Å². The molecule has 0 aliphatic carbocycles. The van der Waals surface area contributed by atoms with Crippen LogP contribution in [-0.2, 0) is 0 Å². The topological polar surface area (TPSA) is 116 Å². The maximum absolute atomic E-state index is 11.9. The van der Waals surface area contributed by atoms with Gasteiger partial charge in [0.2, 0.25) is 5.95 Å². The van der Waals surface area contributed by atoms with Crippen LogP contribution < -0.4 is 16.5 Å². The van der Waals surface area contributed by atoms with Gasteiger partial charge in [0.15, 0.2) is 0 Å². The van der Waals surface area contributed by atoms with E-state index in [4.69, 9.17) is 0 Å². The Labute approximate surface area is 123 Å². The number of pyridine rings is 1. The molecule has 0 spiro atoms. The quantitative estimate of drug-likeness (QED) is 0.487. The molecule has 0 fully saturated rings. The first kappa shape index (κ1) is 13.7. The first-order valence-electron chi connectivity index (χ1n) is 6.48. The highest BCUT2D eigenvalue weighted by Gasteiger charge is 2.01. The fourth-order valence-corrected chi connectivity index (χ4v) is 1.87. The van der Waals surface area contributed by atoms with Gasteiger partial charge in [0, 0.05) is 5.52 Å². The molecule has 3 aromatic rings. The predicted octanol–water partition coefficient (Wildman–Crippen LogP) is 0.761. The lowest BCUT2D eigenvalue weighted by Gasteiger charge is -2.00. The summed E-state index contributed by atoms with van der Waals surface area (Å²) in [6.45, 7) is 1.55. The number of rotatable bonds is 3. The number of aromatic amines is 2. The molecule has 0 aliphatic heterocycles. The monoisotopic (exact) mass is 296 g/mol. The molecule has 0 amide bonds. The first-order valence-corrected chi connectivity index (χ1v) is 6.48. The molecule has 2 aromatic heterocycles. The maximum Gasteiger partial charge on any atom is 0.274 e. The molecule has 8 heteroatoms. The summed E-state index contributed by atoms with van der Waals surface area (Å²) in [5.41, 5.74) is 3.32. The van der Waals surface area contributed by atoms with E-state index in [1.54, 1.807) is 13.0 Å². The minimum atomic E-state index is -0.351. The van der Waals surface area contributed by atoms with E-state index in [0.29, 0.717) is 5.56 Å². The van der Waals surface area contributed by atoms with Crippen molar-refractivity contribution in [3.8, 4) is 0 Å². The molecule has 2 heterocycles. The molecule has 3 N–H and O–H groups in total. The molecule has 0 radical (unpaired) electrons. The second kappa shape index (κ2) is 5.60. The summed E-state index contributed by atoms with van der Waals surface area (Å²) in [5, 5.41) is 12.2. The molecule has 1 aromatic carbocycles. The van der Waals surface area contributed by atoms with Crippen molar-refractivity contribution >= 4 is 23.1 Å². The fourth-order valence-electron chi connectivity index (χ4n) is 1.87. The number of benzene rings is 1. The van der Waals surface area contributed by atoms with E-state index in [2.05, 4.69) is 30.7 Å². The summed E-state index contributed by atoms with van der Waals surface area (Å²) in [6, 6.07) is 9.16. The number of hydrazone groups is 1. The predicted molar refractivity (Wildman–Crippen MR) is 83.2 cm³/mol. The molecule has 0 unspecified atom stereocenters. The standard InChI is InChI=1S/C14H12N6O2/c1-8-12(21)17-14(20-18-8)19-15-7-10-6-9-4-2-3-5-11(9)16-13(10)22/h2-7H,1H3,(H,16,22)(H2,17,19,20,21)/b15-7+. The Balaban J connectivity index is 1.86. The Hall–Kier alpha value is -3.29. The van der Waals surface area contributed by atoms with Gasteiger partial charge in [-0.25, -0.2) is 5.43 Å². The number of aryl methyl sites for hydroxylation is 1. The van der Waals surface area contributed by atoms with Crippen LogP contribution in [0.3, 0.4) is 0 Å². The Morgan fingerprint density at radius 2 is 1.95 bits per heavy atom. The molecular weight excluding hydrogens is 284 g/mol. The van der Waals surface area contributed by atoms with E-state index in [9.17, 15) is 9.59 Å². The van der Waals surface area contributed by atoms with Crippen LogP contribution in [0.15, 0.2) is 45.0 Å². The van der Waals surface area contributed by atoms with Gasteiger partial charge in [0.05, 0.1) is 11.8 Å². The van der Waals surface area contributed by atoms with E-state index >= 15 is 0 Å². The summed E-state index contributed by atoms with van der Waals surface area (Å²) < 4.78 is 0. The minimum Gasteiger partial charge on any atom is -0.321 e. The lowest BCUT2D eigenvalue weighted by molar-refractivity contribution is 0.897. The number of hydrogen-bond donors (Lipinski definition) is 3. The summed E-state index contributed by atoms with van der Waals surface area (Å²) in [4.78, 5) is 28.5. The third kappa shape index (κ3) is 2.75. The summed E-state index contributed by atoms with van der Waals surface area (Å²) >= 11 is 0. The maximum atomic E-state index is 11.9. The van der Waals surface area contributed by atoms with Crippen molar-refractivity contribution in [3.63, 3.8) is 0 Å². The third-order valence-electron chi connectivity index (χ3n) is 3.02. The third-order valence-corrected chi connectivity index (χ3v) is 3.02. The molecule has 0 atom stereocenters. The minimum absolute atomic E-state index is 0.101. The second-order valence-electron chi connectivity index (χ2n) is 4.60. The molecule has 0 bridgehead atoms. The van der Waals surface area contributed by atoms with Gasteiger partial charge in [-0.05, 0) is 24.4 Å². The van der Waals surface area contributed by atoms with E-state index in [1.165, 1.54) is 6.21 Å². The van der Waals surface area contributed by atoms with Gasteiger partial charge >= 0.3 is 0 Å². The molecule has 0 saturated carbocycles. The van der Waals surface area contributed by atoms with Crippen LogP contribution in [0.25, 0.3) is 10.9 Å². The highest BCUT2D eigenvalue weighted by molar-refractivity contribution is 5.87. The van der Waals surface area contributed by atoms with Gasteiger partial charge < -0.3 is 4.98 Å². The lowest BCUT2D eigenvalue weighted by atomic mass is 10.2. The number of anilines is 1. The van der Waals surface area contributed by atoms with Gasteiger partial charge in [-0.2, -0.15) is 5.10 Å². The number of fused-ring (bicyclic) bond motifs is 1. The van der Waals surface area contributed by atoms with Crippen LogP contribution in [0.4, 0.5) is 5.95 Å². The Morgan fingerprint density at radius 3 is 2.77 bits per heavy atom. The van der Waals surface area contributed by atoms with Crippen LogP contribution in [0.2, 0.25) is 0 Å². The molecular formula is C14H12N6O2. The molecule has 8 nitrogen and oxygen atoms in total. The normalized spacial score (nSPS) is 11.1. The Kier molecular flexibility index (Phi) is 3.48. The van der Waals surface area contributed by atoms with Gasteiger partial charge in [-0.3, -0.25) is 14.6 Å². The molecule has 0 aliphatic rings. The Morgan fingerprint density at radius 1 is 1.14 bits per heavy atom. The van der Waals surface area contributed by atoms with Gasteiger partial charge in [0.1, 0.15) is 5.69 Å². The van der Waals surface area contributed by atoms with Crippen molar-refractivity contribution in [2.45, 2.75) is 6.92 Å². The van der Waals surface area contributed by atoms with Crippen molar-refractivity contribution in [2.75, 3.05) is 5.43 Å². The van der Waals surface area contributed by atoms with E-state index in [0.717, 1.165) is 10.9 Å². The van der Waals surface area contributed by atoms with Gasteiger partial charge in [0.25, 0.3) is 11.1 Å². The molecule has 0 saturated heterocycles. The zero-order chi connectivity index (χ0) is 15.5. The molecule has 3 rings (SSSR count). The largest absolute Gasteiger partial charge is 0.321 e. The number of nitrogens with one attached hydrogen (secondary N) is 3. The van der Waals surface area contributed by atoms with E-state index in [-0.39, 0.29) is 22.8 Å². The average Bonchev–Trinajstić information content (AvgIpc) is 2.51.